The van der Waals surface area contributed by atoms with E-state index in [1.807, 2.05) is 25.3 Å². The van der Waals surface area contributed by atoms with Crippen LogP contribution in [0.2, 0.25) is 0 Å². The number of nitrogens with zero attached hydrogens (tertiary/aromatic N) is 1. The molecule has 2 aromatic rings. The highest BCUT2D eigenvalue weighted by molar-refractivity contribution is 8.01. The Morgan fingerprint density at radius 3 is 2.67 bits per heavy atom. The molecule has 2 rings (SSSR count). The van der Waals surface area contributed by atoms with E-state index in [0.29, 0.717) is 5.56 Å². The predicted molar refractivity (Wildman–Crippen MR) is 75.5 cm³/mol. The largest absolute Gasteiger partial charge is 0.327 e. The summed E-state index contributed by atoms with van der Waals surface area (Å²) in [6.07, 6.45) is 0. The van der Waals surface area contributed by atoms with E-state index < -0.39 is 0 Å². The van der Waals surface area contributed by atoms with Crippen molar-refractivity contribution >= 4 is 23.1 Å². The van der Waals surface area contributed by atoms with Crippen molar-refractivity contribution in [3.05, 3.63) is 46.7 Å². The summed E-state index contributed by atoms with van der Waals surface area (Å²) >= 11 is 3.10. The summed E-state index contributed by atoms with van der Waals surface area (Å²) in [7, 11) is 0. The second kappa shape index (κ2) is 5.82. The molecule has 0 aliphatic carbocycles. The molecule has 2 atom stereocenters. The van der Waals surface area contributed by atoms with E-state index in [2.05, 4.69) is 4.98 Å². The Kier molecular flexibility index (Phi) is 4.37. The fraction of sp³-hybridized carbons (Fsp3) is 0.308. The van der Waals surface area contributed by atoms with Gasteiger partial charge in [0.1, 0.15) is 5.82 Å². The maximum Gasteiger partial charge on any atom is 0.150 e. The molecule has 0 spiro atoms. The van der Waals surface area contributed by atoms with Gasteiger partial charge in [-0.1, -0.05) is 30.0 Å². The summed E-state index contributed by atoms with van der Waals surface area (Å²) in [5, 5.41) is 1.87. The molecule has 1 heterocycles. The maximum absolute atomic E-state index is 13.8. The van der Waals surface area contributed by atoms with Gasteiger partial charge in [-0.15, -0.1) is 11.3 Å². The van der Waals surface area contributed by atoms with Crippen LogP contribution in [0.15, 0.2) is 34.0 Å². The number of aryl methyl sites for hydroxylation is 1. The van der Waals surface area contributed by atoms with E-state index in [9.17, 15) is 4.39 Å². The molecule has 2 unspecified atom stereocenters. The Labute approximate surface area is 114 Å². The highest BCUT2D eigenvalue weighted by Crippen LogP contribution is 2.39. The smallest absolute Gasteiger partial charge is 0.150 e. The van der Waals surface area contributed by atoms with Gasteiger partial charge in [0.15, 0.2) is 4.34 Å². The lowest BCUT2D eigenvalue weighted by Gasteiger charge is -2.20. The lowest BCUT2D eigenvalue weighted by atomic mass is 10.1. The average molecular weight is 282 g/mol. The van der Waals surface area contributed by atoms with Gasteiger partial charge >= 0.3 is 0 Å². The fourth-order valence-corrected chi connectivity index (χ4v) is 3.80. The SMILES string of the molecule is Cc1csc(SC(c2ccccc2F)C(C)N)n1. The molecule has 0 bridgehead atoms. The molecule has 0 fully saturated rings. The van der Waals surface area contributed by atoms with Gasteiger partial charge in [0.25, 0.3) is 0 Å². The van der Waals surface area contributed by atoms with E-state index in [0.717, 1.165) is 10.0 Å². The molecule has 0 saturated heterocycles. The second-order valence-electron chi connectivity index (χ2n) is 4.17. The number of nitrogens with two attached hydrogens (primary N) is 1. The monoisotopic (exact) mass is 282 g/mol. The van der Waals surface area contributed by atoms with Gasteiger partial charge in [0.2, 0.25) is 0 Å². The van der Waals surface area contributed by atoms with Crippen molar-refractivity contribution in [3.63, 3.8) is 0 Å². The zero-order chi connectivity index (χ0) is 13.1. The molecule has 1 aromatic heterocycles. The number of benzene rings is 1. The van der Waals surface area contributed by atoms with Gasteiger partial charge in [-0.2, -0.15) is 0 Å². The number of rotatable bonds is 4. The van der Waals surface area contributed by atoms with Crippen LogP contribution in [0.5, 0.6) is 0 Å². The van der Waals surface area contributed by atoms with Gasteiger partial charge in [0, 0.05) is 22.7 Å². The van der Waals surface area contributed by atoms with Gasteiger partial charge in [-0.3, -0.25) is 0 Å². The summed E-state index contributed by atoms with van der Waals surface area (Å²) in [4.78, 5) is 4.39. The fourth-order valence-electron chi connectivity index (χ4n) is 1.66. The standard InChI is InChI=1S/C13H15FN2S2/c1-8-7-17-13(16-8)18-12(9(2)15)10-5-3-4-6-11(10)14/h3-7,9,12H,15H2,1-2H3. The van der Waals surface area contributed by atoms with Gasteiger partial charge < -0.3 is 5.73 Å². The lowest BCUT2D eigenvalue weighted by molar-refractivity contribution is 0.592. The molecule has 18 heavy (non-hydrogen) atoms. The number of thiazole rings is 1. The van der Waals surface area contributed by atoms with E-state index in [1.54, 1.807) is 23.5 Å². The first-order chi connectivity index (χ1) is 8.58. The average Bonchev–Trinajstić information content (AvgIpc) is 2.73. The third-order valence-electron chi connectivity index (χ3n) is 2.52. The number of hydrogen-bond acceptors (Lipinski definition) is 4. The first-order valence-corrected chi connectivity index (χ1v) is 7.42. The van der Waals surface area contributed by atoms with Crippen LogP contribution in [0, 0.1) is 12.7 Å². The summed E-state index contributed by atoms with van der Waals surface area (Å²) in [5.74, 6) is -0.208. The van der Waals surface area contributed by atoms with Gasteiger partial charge in [-0.05, 0) is 19.9 Å². The Bertz CT molecular complexity index is 525. The second-order valence-corrected chi connectivity index (χ2v) is 6.42. The Morgan fingerprint density at radius 1 is 1.39 bits per heavy atom. The van der Waals surface area contributed by atoms with Crippen molar-refractivity contribution in [2.45, 2.75) is 29.5 Å². The van der Waals surface area contributed by atoms with Crippen molar-refractivity contribution in [2.75, 3.05) is 0 Å². The molecule has 0 amide bonds. The Morgan fingerprint density at radius 2 is 2.11 bits per heavy atom. The molecule has 1 aromatic carbocycles. The van der Waals surface area contributed by atoms with E-state index in [-0.39, 0.29) is 17.1 Å². The molecule has 0 aliphatic heterocycles. The van der Waals surface area contributed by atoms with Crippen molar-refractivity contribution in [2.24, 2.45) is 5.73 Å². The van der Waals surface area contributed by atoms with Crippen molar-refractivity contribution in [1.82, 2.24) is 4.98 Å². The lowest BCUT2D eigenvalue weighted by Crippen LogP contribution is -2.23. The molecule has 0 aliphatic rings. The third kappa shape index (κ3) is 3.10. The van der Waals surface area contributed by atoms with Crippen LogP contribution in [0.4, 0.5) is 4.39 Å². The zero-order valence-corrected chi connectivity index (χ0v) is 11.9. The topological polar surface area (TPSA) is 38.9 Å². The molecule has 96 valence electrons. The van der Waals surface area contributed by atoms with E-state index in [1.165, 1.54) is 17.8 Å². The van der Waals surface area contributed by atoms with Crippen LogP contribution in [0.1, 0.15) is 23.4 Å². The maximum atomic E-state index is 13.8. The quantitative estimate of drug-likeness (QED) is 0.868. The highest BCUT2D eigenvalue weighted by atomic mass is 32.2. The van der Waals surface area contributed by atoms with Crippen LogP contribution in [0.25, 0.3) is 0 Å². The van der Waals surface area contributed by atoms with Crippen LogP contribution in [0.3, 0.4) is 0 Å². The number of thioether (sulfide) groups is 1. The minimum Gasteiger partial charge on any atom is -0.327 e. The number of halogens is 1. The molecular weight excluding hydrogens is 267 g/mol. The van der Waals surface area contributed by atoms with Crippen LogP contribution in [-0.2, 0) is 0 Å². The van der Waals surface area contributed by atoms with Crippen molar-refractivity contribution < 1.29 is 4.39 Å². The normalized spacial score (nSPS) is 14.4. The van der Waals surface area contributed by atoms with Gasteiger partial charge in [-0.25, -0.2) is 9.37 Å². The predicted octanol–water partition coefficient (Wildman–Crippen LogP) is 3.77. The first-order valence-electron chi connectivity index (χ1n) is 5.66. The molecule has 0 radical (unpaired) electrons. The summed E-state index contributed by atoms with van der Waals surface area (Å²) in [6, 6.07) is 6.64. The molecule has 2 N–H and O–H groups in total. The minimum atomic E-state index is -0.208. The molecule has 5 heteroatoms. The summed E-state index contributed by atoms with van der Waals surface area (Å²) in [5.41, 5.74) is 7.61. The summed E-state index contributed by atoms with van der Waals surface area (Å²) < 4.78 is 14.8. The van der Waals surface area contributed by atoms with E-state index in [4.69, 9.17) is 5.73 Å². The summed E-state index contributed by atoms with van der Waals surface area (Å²) in [6.45, 7) is 3.84. The van der Waals surface area contributed by atoms with Crippen LogP contribution in [-0.4, -0.2) is 11.0 Å². The van der Waals surface area contributed by atoms with Crippen LogP contribution < -0.4 is 5.73 Å². The molecule has 0 saturated carbocycles. The Balaban J connectivity index is 2.27. The van der Waals surface area contributed by atoms with Crippen LogP contribution >= 0.6 is 23.1 Å². The molecular formula is C13H15FN2S2. The zero-order valence-electron chi connectivity index (χ0n) is 10.3. The number of hydrogen-bond donors (Lipinski definition) is 1. The Hall–Kier alpha value is -0.910. The van der Waals surface area contributed by atoms with Crippen molar-refractivity contribution in [3.8, 4) is 0 Å². The first kappa shape index (κ1) is 13.5. The third-order valence-corrected chi connectivity index (χ3v) is 5.07. The minimum absolute atomic E-state index is 0.114. The van der Waals surface area contributed by atoms with Crippen molar-refractivity contribution in [1.29, 1.82) is 0 Å². The number of aromatic nitrogens is 1. The highest BCUT2D eigenvalue weighted by Gasteiger charge is 2.22. The van der Waals surface area contributed by atoms with E-state index >= 15 is 0 Å². The van der Waals surface area contributed by atoms with Gasteiger partial charge in [0.05, 0.1) is 5.25 Å². The molecule has 2 nitrogen and oxygen atoms in total.